The molecule has 2 amide bonds. The highest BCUT2D eigenvalue weighted by Gasteiger charge is 2.46. The Kier molecular flexibility index (Phi) is 9.04. The van der Waals surface area contributed by atoms with Crippen molar-refractivity contribution in [2.24, 2.45) is 11.8 Å². The fourth-order valence-electron chi connectivity index (χ4n) is 5.97. The lowest BCUT2D eigenvalue weighted by molar-refractivity contribution is -0.134. The number of fused-ring (bicyclic) bond motifs is 1. The van der Waals surface area contributed by atoms with Crippen molar-refractivity contribution < 1.29 is 31.9 Å². The third-order valence-corrected chi connectivity index (χ3v) is 8.32. The van der Waals surface area contributed by atoms with Gasteiger partial charge < -0.3 is 15.4 Å². The predicted molar refractivity (Wildman–Crippen MR) is 148 cm³/mol. The van der Waals surface area contributed by atoms with Gasteiger partial charge in [-0.3, -0.25) is 14.3 Å². The van der Waals surface area contributed by atoms with Crippen LogP contribution in [0.4, 0.5) is 17.6 Å². The highest BCUT2D eigenvalue weighted by atomic mass is 19.3. The smallest absolute Gasteiger partial charge is 0.270 e. The summed E-state index contributed by atoms with van der Waals surface area (Å²) in [4.78, 5) is 30.7. The second-order valence-corrected chi connectivity index (χ2v) is 11.5. The number of carbonyl (C=O) groups is 2. The van der Waals surface area contributed by atoms with Gasteiger partial charge in [0.15, 0.2) is 5.65 Å². The highest BCUT2D eigenvalue weighted by Crippen LogP contribution is 2.44. The van der Waals surface area contributed by atoms with E-state index in [1.54, 1.807) is 29.2 Å². The van der Waals surface area contributed by atoms with Crippen LogP contribution >= 0.6 is 0 Å². The standard InChI is InChI=1S/C29H37F4N7O3/c1-3-39-23(7-10-34-39)27(42)38-26(19-5-8-28(30,31)9-6-19)21-16-40-24(36-21)12-20(15-35-40)22(17-43-4-2)37-25(41)11-18-13-29(32,33)14-18/h7,10,12,15-16,18-19,22,26H,3-6,8-9,11,13-14,17H2,1-2H3,(H,37,41)(H,38,42)/t22-,26-/m0/s1. The van der Waals surface area contributed by atoms with Crippen LogP contribution in [0, 0.1) is 11.8 Å². The molecule has 43 heavy (non-hydrogen) atoms. The van der Waals surface area contributed by atoms with Gasteiger partial charge in [-0.25, -0.2) is 27.1 Å². The van der Waals surface area contributed by atoms with E-state index in [4.69, 9.17) is 9.72 Å². The minimum absolute atomic E-state index is 0.000158. The molecule has 0 radical (unpaired) electrons. The maximum atomic E-state index is 14.0. The molecule has 2 fully saturated rings. The second kappa shape index (κ2) is 12.6. The van der Waals surface area contributed by atoms with Crippen LogP contribution in [0.2, 0.25) is 0 Å². The van der Waals surface area contributed by atoms with Crippen molar-refractivity contribution in [1.29, 1.82) is 0 Å². The summed E-state index contributed by atoms with van der Waals surface area (Å²) in [5, 5.41) is 14.5. The Labute approximate surface area is 246 Å². The van der Waals surface area contributed by atoms with Crippen molar-refractivity contribution in [3.63, 3.8) is 0 Å². The number of carbonyl (C=O) groups excluding carboxylic acids is 2. The highest BCUT2D eigenvalue weighted by molar-refractivity contribution is 5.92. The van der Waals surface area contributed by atoms with Crippen LogP contribution in [-0.2, 0) is 16.1 Å². The summed E-state index contributed by atoms with van der Waals surface area (Å²) in [6, 6.07) is 2.11. The molecule has 0 saturated heterocycles. The van der Waals surface area contributed by atoms with Gasteiger partial charge in [0.05, 0.1) is 36.8 Å². The lowest BCUT2D eigenvalue weighted by atomic mass is 9.79. The van der Waals surface area contributed by atoms with Gasteiger partial charge >= 0.3 is 0 Å². The monoisotopic (exact) mass is 607 g/mol. The van der Waals surface area contributed by atoms with Crippen LogP contribution in [-0.4, -0.2) is 61.3 Å². The lowest BCUT2D eigenvalue weighted by Gasteiger charge is -2.34. The van der Waals surface area contributed by atoms with Crippen LogP contribution in [0.3, 0.4) is 0 Å². The number of ether oxygens (including phenoxy) is 1. The number of alkyl halides is 4. The Morgan fingerprint density at radius 3 is 2.51 bits per heavy atom. The summed E-state index contributed by atoms with van der Waals surface area (Å²) in [5.74, 6) is -6.79. The molecule has 3 aromatic heterocycles. The number of aromatic nitrogens is 5. The van der Waals surface area contributed by atoms with Gasteiger partial charge in [0.2, 0.25) is 17.8 Å². The molecular formula is C29H37F4N7O3. The maximum Gasteiger partial charge on any atom is 0.270 e. The molecule has 0 aliphatic heterocycles. The van der Waals surface area contributed by atoms with E-state index in [2.05, 4.69) is 20.8 Å². The van der Waals surface area contributed by atoms with E-state index in [0.717, 1.165) is 0 Å². The lowest BCUT2D eigenvalue weighted by Crippen LogP contribution is -2.40. The Morgan fingerprint density at radius 1 is 1.09 bits per heavy atom. The molecule has 3 heterocycles. The zero-order valence-corrected chi connectivity index (χ0v) is 24.2. The van der Waals surface area contributed by atoms with E-state index in [9.17, 15) is 27.2 Å². The van der Waals surface area contributed by atoms with E-state index in [0.29, 0.717) is 35.8 Å². The second-order valence-electron chi connectivity index (χ2n) is 11.5. The summed E-state index contributed by atoms with van der Waals surface area (Å²) >= 11 is 0. The molecule has 2 saturated carbocycles. The van der Waals surface area contributed by atoms with Crippen molar-refractivity contribution in [1.82, 2.24) is 35.0 Å². The largest absolute Gasteiger partial charge is 0.379 e. The van der Waals surface area contributed by atoms with Crippen molar-refractivity contribution >= 4 is 17.5 Å². The van der Waals surface area contributed by atoms with E-state index in [1.807, 2.05) is 13.8 Å². The fourth-order valence-corrected chi connectivity index (χ4v) is 5.97. The van der Waals surface area contributed by atoms with Gasteiger partial charge in [0, 0.05) is 57.0 Å². The normalized spacial score (nSPS) is 20.0. The molecule has 234 valence electrons. The number of aryl methyl sites for hydroxylation is 1. The van der Waals surface area contributed by atoms with Crippen LogP contribution in [0.25, 0.3) is 5.65 Å². The first-order chi connectivity index (χ1) is 20.5. The molecule has 0 aromatic carbocycles. The van der Waals surface area contributed by atoms with Crippen LogP contribution < -0.4 is 10.6 Å². The SMILES string of the molecule is CCOC[C@H](NC(=O)CC1CC(F)(F)C1)c1cnn2cc([C@@H](NC(=O)c3ccnn3CC)C3CCC(F)(F)CC3)nc2c1. The van der Waals surface area contributed by atoms with E-state index in [-0.39, 0.29) is 75.2 Å². The Bertz CT molecular complexity index is 1420. The van der Waals surface area contributed by atoms with Crippen LogP contribution in [0.5, 0.6) is 0 Å². The maximum absolute atomic E-state index is 14.0. The van der Waals surface area contributed by atoms with Gasteiger partial charge in [-0.05, 0) is 50.7 Å². The number of amides is 2. The molecule has 0 unspecified atom stereocenters. The van der Waals surface area contributed by atoms with Crippen molar-refractivity contribution in [2.45, 2.75) is 89.3 Å². The third kappa shape index (κ3) is 7.34. The average Bonchev–Trinajstić information content (AvgIpc) is 3.60. The molecule has 2 atom stereocenters. The van der Waals surface area contributed by atoms with Gasteiger partial charge in [0.25, 0.3) is 5.91 Å². The Hall–Kier alpha value is -3.55. The van der Waals surface area contributed by atoms with Crippen LogP contribution in [0.15, 0.2) is 30.7 Å². The predicted octanol–water partition coefficient (Wildman–Crippen LogP) is 4.87. The number of imidazole rings is 1. The first kappa shape index (κ1) is 30.9. The molecule has 0 spiro atoms. The van der Waals surface area contributed by atoms with Crippen molar-refractivity contribution in [3.8, 4) is 0 Å². The molecule has 2 aliphatic rings. The van der Waals surface area contributed by atoms with Crippen LogP contribution in [0.1, 0.15) is 92.6 Å². The molecule has 10 nitrogen and oxygen atoms in total. The zero-order chi connectivity index (χ0) is 30.8. The minimum atomic E-state index is -2.74. The quantitative estimate of drug-likeness (QED) is 0.284. The van der Waals surface area contributed by atoms with Crippen molar-refractivity contribution in [2.75, 3.05) is 13.2 Å². The summed E-state index contributed by atoms with van der Waals surface area (Å²) in [5.41, 5.74) is 1.88. The number of halogens is 4. The number of nitrogens with zero attached hydrogens (tertiary/aromatic N) is 5. The number of rotatable bonds is 12. The molecule has 5 rings (SSSR count). The Balaban J connectivity index is 1.38. The summed E-state index contributed by atoms with van der Waals surface area (Å²) in [6.07, 6.45) is 4.06. The van der Waals surface area contributed by atoms with Gasteiger partial charge in [-0.2, -0.15) is 10.2 Å². The van der Waals surface area contributed by atoms with E-state index < -0.39 is 23.9 Å². The number of nitrogens with one attached hydrogen (secondary N) is 2. The molecule has 2 N–H and O–H groups in total. The van der Waals surface area contributed by atoms with Gasteiger partial charge in [-0.15, -0.1) is 0 Å². The Morgan fingerprint density at radius 2 is 1.84 bits per heavy atom. The molecular weight excluding hydrogens is 570 g/mol. The molecule has 14 heteroatoms. The third-order valence-electron chi connectivity index (χ3n) is 8.32. The molecule has 3 aromatic rings. The topological polar surface area (TPSA) is 115 Å². The van der Waals surface area contributed by atoms with Gasteiger partial charge in [0.1, 0.15) is 5.69 Å². The minimum Gasteiger partial charge on any atom is -0.379 e. The molecule has 0 bridgehead atoms. The van der Waals surface area contributed by atoms with Gasteiger partial charge in [-0.1, -0.05) is 0 Å². The average molecular weight is 608 g/mol. The fraction of sp³-hybridized carbons (Fsp3) is 0.621. The number of hydrogen-bond donors (Lipinski definition) is 2. The van der Waals surface area contributed by atoms with E-state index in [1.165, 1.54) is 10.7 Å². The number of hydrogen-bond acceptors (Lipinski definition) is 6. The summed E-state index contributed by atoms with van der Waals surface area (Å²) in [7, 11) is 0. The van der Waals surface area contributed by atoms with E-state index >= 15 is 0 Å². The summed E-state index contributed by atoms with van der Waals surface area (Å²) in [6.45, 7) is 4.73. The molecule has 2 aliphatic carbocycles. The summed E-state index contributed by atoms with van der Waals surface area (Å²) < 4.78 is 63.2. The first-order valence-corrected chi connectivity index (χ1v) is 14.8. The first-order valence-electron chi connectivity index (χ1n) is 14.8. The van der Waals surface area contributed by atoms with Crippen molar-refractivity contribution in [3.05, 3.63) is 47.7 Å². The zero-order valence-electron chi connectivity index (χ0n) is 24.2.